The first-order chi connectivity index (χ1) is 7.12. The maximum atomic E-state index is 11.7. The summed E-state index contributed by atoms with van der Waals surface area (Å²) in [5, 5.41) is 4.97. The number of urea groups is 1. The van der Waals surface area contributed by atoms with Crippen molar-refractivity contribution in [3.63, 3.8) is 0 Å². The highest BCUT2D eigenvalue weighted by molar-refractivity contribution is 7.16. The Morgan fingerprint density at radius 2 is 2.27 bits per heavy atom. The van der Waals surface area contributed by atoms with Crippen molar-refractivity contribution in [2.75, 3.05) is 0 Å². The predicted octanol–water partition coefficient (Wildman–Crippen LogP) is 1.38. The molecule has 0 aromatic carbocycles. The minimum absolute atomic E-state index is 0.263. The van der Waals surface area contributed by atoms with Crippen molar-refractivity contribution in [3.05, 3.63) is 20.8 Å². The number of fused-ring (bicyclic) bond motifs is 2. The van der Waals surface area contributed by atoms with Gasteiger partial charge in [-0.05, 0) is 18.9 Å². The fraction of sp³-hybridized carbons (Fsp3) is 0.333. The second-order valence-electron chi connectivity index (χ2n) is 3.70. The molecule has 3 amide bonds. The van der Waals surface area contributed by atoms with Crippen molar-refractivity contribution in [3.8, 4) is 0 Å². The molecule has 2 heterocycles. The van der Waals surface area contributed by atoms with Gasteiger partial charge in [-0.2, -0.15) is 0 Å². The fourth-order valence-electron chi connectivity index (χ4n) is 2.24. The number of rotatable bonds is 0. The summed E-state index contributed by atoms with van der Waals surface area (Å²) in [5.41, 5.74) is 0.0108. The monoisotopic (exact) mass is 242 g/mol. The molecule has 1 atom stereocenters. The van der Waals surface area contributed by atoms with Crippen LogP contribution in [0.5, 0.6) is 0 Å². The van der Waals surface area contributed by atoms with E-state index in [2.05, 4.69) is 10.6 Å². The van der Waals surface area contributed by atoms with E-state index >= 15 is 0 Å². The van der Waals surface area contributed by atoms with E-state index in [0.29, 0.717) is 10.8 Å². The van der Waals surface area contributed by atoms with Crippen LogP contribution in [0.4, 0.5) is 4.79 Å². The Balaban J connectivity index is 2.15. The molecule has 1 spiro atoms. The van der Waals surface area contributed by atoms with Gasteiger partial charge >= 0.3 is 6.03 Å². The smallest absolute Gasteiger partial charge is 0.319 e. The van der Waals surface area contributed by atoms with Crippen LogP contribution in [-0.4, -0.2) is 11.9 Å². The molecule has 1 unspecified atom stereocenters. The minimum atomic E-state index is -0.851. The number of thiophene rings is 1. The second kappa shape index (κ2) is 2.74. The van der Waals surface area contributed by atoms with Crippen LogP contribution < -0.4 is 10.6 Å². The second-order valence-corrected chi connectivity index (χ2v) is 5.47. The number of aryl methyl sites for hydroxylation is 1. The lowest BCUT2D eigenvalue weighted by Gasteiger charge is -2.19. The quantitative estimate of drug-likeness (QED) is 0.676. The Morgan fingerprint density at radius 1 is 1.47 bits per heavy atom. The van der Waals surface area contributed by atoms with Crippen LogP contribution in [-0.2, 0) is 16.8 Å². The molecular weight excluding hydrogens is 236 g/mol. The molecule has 2 N–H and O–H groups in total. The summed E-state index contributed by atoms with van der Waals surface area (Å²) in [4.78, 5) is 24.0. The number of halogens is 1. The lowest BCUT2D eigenvalue weighted by Crippen LogP contribution is -2.41. The van der Waals surface area contributed by atoms with E-state index in [9.17, 15) is 9.59 Å². The number of hydrogen-bond acceptors (Lipinski definition) is 3. The van der Waals surface area contributed by atoms with E-state index in [-0.39, 0.29) is 5.91 Å². The fourth-order valence-corrected chi connectivity index (χ4v) is 3.58. The molecule has 0 bridgehead atoms. The molecule has 1 aliphatic heterocycles. The zero-order valence-corrected chi connectivity index (χ0v) is 9.17. The van der Waals surface area contributed by atoms with Crippen molar-refractivity contribution in [1.82, 2.24) is 10.6 Å². The summed E-state index contributed by atoms with van der Waals surface area (Å²) < 4.78 is 0.660. The molecule has 1 fully saturated rings. The van der Waals surface area contributed by atoms with Gasteiger partial charge in [0.25, 0.3) is 5.91 Å². The normalized spacial score (nSPS) is 28.1. The Bertz CT molecular complexity index is 484. The summed E-state index contributed by atoms with van der Waals surface area (Å²) >= 11 is 7.37. The first-order valence-corrected chi connectivity index (χ1v) is 5.73. The molecule has 2 aliphatic rings. The maximum Gasteiger partial charge on any atom is 0.322 e. The number of imide groups is 1. The zero-order chi connectivity index (χ0) is 10.6. The van der Waals surface area contributed by atoms with Gasteiger partial charge in [0.1, 0.15) is 5.54 Å². The molecule has 0 saturated carbocycles. The van der Waals surface area contributed by atoms with Crippen LogP contribution in [0.25, 0.3) is 0 Å². The minimum Gasteiger partial charge on any atom is -0.319 e. The highest BCUT2D eigenvalue weighted by Crippen LogP contribution is 2.44. The molecule has 15 heavy (non-hydrogen) atoms. The Hall–Kier alpha value is -1.07. The van der Waals surface area contributed by atoms with Crippen LogP contribution in [0.1, 0.15) is 16.9 Å². The van der Waals surface area contributed by atoms with E-state index in [1.807, 2.05) is 0 Å². The molecule has 4 nitrogen and oxygen atoms in total. The third kappa shape index (κ3) is 1.07. The van der Waals surface area contributed by atoms with E-state index in [1.165, 1.54) is 11.3 Å². The molecule has 0 radical (unpaired) electrons. The Morgan fingerprint density at radius 3 is 2.93 bits per heavy atom. The van der Waals surface area contributed by atoms with Crippen molar-refractivity contribution < 1.29 is 9.59 Å². The van der Waals surface area contributed by atoms with Crippen LogP contribution >= 0.6 is 22.9 Å². The van der Waals surface area contributed by atoms with Crippen LogP contribution in [0.2, 0.25) is 4.34 Å². The molecule has 6 heteroatoms. The van der Waals surface area contributed by atoms with Gasteiger partial charge in [-0.25, -0.2) is 4.79 Å². The number of hydrogen-bond donors (Lipinski definition) is 2. The Kier molecular flexibility index (Phi) is 1.67. The van der Waals surface area contributed by atoms with Crippen molar-refractivity contribution in [1.29, 1.82) is 0 Å². The van der Waals surface area contributed by atoms with Gasteiger partial charge in [0.05, 0.1) is 4.34 Å². The lowest BCUT2D eigenvalue weighted by atomic mass is 9.94. The van der Waals surface area contributed by atoms with Gasteiger partial charge in [-0.1, -0.05) is 11.6 Å². The maximum absolute atomic E-state index is 11.7. The SMILES string of the molecule is O=C1NC(=O)C2(CCc3sc(Cl)cc32)N1. The average Bonchev–Trinajstić information content (AvgIpc) is 2.73. The van der Waals surface area contributed by atoms with Gasteiger partial charge in [0.2, 0.25) is 0 Å². The highest BCUT2D eigenvalue weighted by atomic mass is 35.5. The molecule has 1 aromatic heterocycles. The summed E-state index contributed by atoms with van der Waals surface area (Å²) in [5.74, 6) is -0.263. The van der Waals surface area contributed by atoms with Crippen LogP contribution in [0.3, 0.4) is 0 Å². The molecule has 78 valence electrons. The Labute approximate surface area is 94.6 Å². The number of carbonyl (C=O) groups is 2. The van der Waals surface area contributed by atoms with Gasteiger partial charge in [-0.15, -0.1) is 11.3 Å². The predicted molar refractivity (Wildman–Crippen MR) is 56.0 cm³/mol. The number of amides is 3. The first kappa shape index (κ1) is 9.18. The van der Waals surface area contributed by atoms with Crippen LogP contribution in [0, 0.1) is 0 Å². The largest absolute Gasteiger partial charge is 0.322 e. The average molecular weight is 243 g/mol. The standard InChI is InChI=1S/C9H7ClN2O2S/c10-6-3-4-5(15-6)1-2-9(4)7(13)11-8(14)12-9/h3H,1-2H2,(H2,11,12,13,14). The topological polar surface area (TPSA) is 58.2 Å². The molecule has 1 saturated heterocycles. The van der Waals surface area contributed by atoms with E-state index < -0.39 is 11.6 Å². The van der Waals surface area contributed by atoms with Gasteiger partial charge in [-0.3, -0.25) is 10.1 Å². The lowest BCUT2D eigenvalue weighted by molar-refractivity contribution is -0.124. The van der Waals surface area contributed by atoms with Gasteiger partial charge in [0, 0.05) is 10.4 Å². The summed E-state index contributed by atoms with van der Waals surface area (Å²) in [7, 11) is 0. The molecular formula is C9H7ClN2O2S. The number of nitrogens with one attached hydrogen (secondary N) is 2. The van der Waals surface area contributed by atoms with Crippen molar-refractivity contribution in [2.24, 2.45) is 0 Å². The summed E-state index contributed by atoms with van der Waals surface area (Å²) in [6.07, 6.45) is 1.42. The van der Waals surface area contributed by atoms with Crippen LogP contribution in [0.15, 0.2) is 6.07 Å². The van der Waals surface area contributed by atoms with Crippen molar-refractivity contribution in [2.45, 2.75) is 18.4 Å². The molecule has 1 aromatic rings. The third-order valence-corrected chi connectivity index (χ3v) is 4.23. The molecule has 1 aliphatic carbocycles. The third-order valence-electron chi connectivity index (χ3n) is 2.91. The van der Waals surface area contributed by atoms with E-state index in [0.717, 1.165) is 16.9 Å². The zero-order valence-electron chi connectivity index (χ0n) is 7.59. The first-order valence-electron chi connectivity index (χ1n) is 4.54. The van der Waals surface area contributed by atoms with E-state index in [1.54, 1.807) is 6.07 Å². The summed E-state index contributed by atoms with van der Waals surface area (Å²) in [6.45, 7) is 0. The summed E-state index contributed by atoms with van der Waals surface area (Å²) in [6, 6.07) is 1.36. The van der Waals surface area contributed by atoms with Gasteiger partial charge in [0.15, 0.2) is 0 Å². The van der Waals surface area contributed by atoms with Crippen molar-refractivity contribution >= 4 is 34.9 Å². The molecule has 3 rings (SSSR count). The highest BCUT2D eigenvalue weighted by Gasteiger charge is 2.52. The number of carbonyl (C=O) groups excluding carboxylic acids is 2. The van der Waals surface area contributed by atoms with E-state index in [4.69, 9.17) is 11.6 Å². The van der Waals surface area contributed by atoms with Gasteiger partial charge < -0.3 is 5.32 Å².